The summed E-state index contributed by atoms with van der Waals surface area (Å²) < 4.78 is 6.21. The van der Waals surface area contributed by atoms with Crippen LogP contribution in [0.4, 0.5) is 5.69 Å². The van der Waals surface area contributed by atoms with E-state index in [4.69, 9.17) is 4.74 Å². The molecule has 0 radical (unpaired) electrons. The molecule has 0 spiro atoms. The lowest BCUT2D eigenvalue weighted by Gasteiger charge is -2.08. The van der Waals surface area contributed by atoms with Crippen molar-refractivity contribution in [3.05, 3.63) is 57.7 Å². The van der Waals surface area contributed by atoms with Crippen molar-refractivity contribution in [1.82, 2.24) is 0 Å². The summed E-state index contributed by atoms with van der Waals surface area (Å²) in [6.07, 6.45) is 0. The Kier molecular flexibility index (Phi) is 5.02. The predicted molar refractivity (Wildman–Crippen MR) is 87.7 cm³/mol. The van der Waals surface area contributed by atoms with E-state index in [1.54, 1.807) is 7.11 Å². The van der Waals surface area contributed by atoms with E-state index in [0.717, 1.165) is 9.13 Å². The zero-order chi connectivity index (χ0) is 14.4. The second-order valence-corrected chi connectivity index (χ2v) is 5.16. The summed E-state index contributed by atoms with van der Waals surface area (Å²) in [5.41, 5.74) is 1.42. The molecule has 0 saturated carbocycles. The van der Waals surface area contributed by atoms with E-state index in [1.807, 2.05) is 48.5 Å². The van der Waals surface area contributed by atoms with Crippen molar-refractivity contribution in [2.45, 2.75) is 0 Å². The van der Waals surface area contributed by atoms with Crippen LogP contribution in [0.15, 0.2) is 48.5 Å². The van der Waals surface area contributed by atoms with E-state index in [1.165, 1.54) is 0 Å². The highest BCUT2D eigenvalue weighted by atomic mass is 127. The number of amides is 1. The van der Waals surface area contributed by atoms with E-state index < -0.39 is 0 Å². The number of ether oxygens (including phenoxy) is 1. The topological polar surface area (TPSA) is 38.3 Å². The average Bonchev–Trinajstić information content (AvgIpc) is 2.46. The molecule has 100 valence electrons. The van der Waals surface area contributed by atoms with Crippen molar-refractivity contribution in [2.24, 2.45) is 0 Å². The van der Waals surface area contributed by atoms with Gasteiger partial charge in [0.2, 0.25) is 0 Å². The molecule has 20 heavy (non-hydrogen) atoms. The highest BCUT2D eigenvalue weighted by molar-refractivity contribution is 14.1. The third-order valence-corrected chi connectivity index (χ3v) is 3.17. The highest BCUT2D eigenvalue weighted by Crippen LogP contribution is 2.25. The molecule has 0 saturated heterocycles. The minimum absolute atomic E-state index is 0.367. The van der Waals surface area contributed by atoms with E-state index in [2.05, 4.69) is 39.7 Å². The Morgan fingerprint density at radius 1 is 1.20 bits per heavy atom. The molecule has 0 fully saturated rings. The number of nitrogens with one attached hydrogen (secondary N) is 1. The molecular formula is C16H12INO2. The first-order valence-corrected chi connectivity index (χ1v) is 6.98. The Labute approximate surface area is 131 Å². The van der Waals surface area contributed by atoms with Crippen LogP contribution in [0.3, 0.4) is 0 Å². The summed E-state index contributed by atoms with van der Waals surface area (Å²) >= 11 is 2.17. The van der Waals surface area contributed by atoms with Crippen molar-refractivity contribution in [3.63, 3.8) is 0 Å². The fraction of sp³-hybridized carbons (Fsp3) is 0.0625. The lowest BCUT2D eigenvalue weighted by Crippen LogP contribution is -2.09. The van der Waals surface area contributed by atoms with Gasteiger partial charge in [-0.25, -0.2) is 0 Å². The van der Waals surface area contributed by atoms with Crippen LogP contribution in [-0.2, 0) is 4.79 Å². The predicted octanol–water partition coefficient (Wildman–Crippen LogP) is 3.29. The number of halogens is 1. The number of hydrogen-bond donors (Lipinski definition) is 1. The van der Waals surface area contributed by atoms with Crippen molar-refractivity contribution < 1.29 is 9.53 Å². The zero-order valence-electron chi connectivity index (χ0n) is 10.8. The molecule has 1 N–H and O–H groups in total. The van der Waals surface area contributed by atoms with Gasteiger partial charge in [-0.3, -0.25) is 4.79 Å². The lowest BCUT2D eigenvalue weighted by atomic mass is 10.2. The summed E-state index contributed by atoms with van der Waals surface area (Å²) in [5, 5.41) is 2.73. The fourth-order valence-electron chi connectivity index (χ4n) is 1.58. The van der Waals surface area contributed by atoms with Gasteiger partial charge in [0.1, 0.15) is 5.75 Å². The van der Waals surface area contributed by atoms with Crippen molar-refractivity contribution in [2.75, 3.05) is 12.4 Å². The number of hydrogen-bond acceptors (Lipinski definition) is 2. The summed E-state index contributed by atoms with van der Waals surface area (Å²) in [6, 6.07) is 14.9. The number of rotatable bonds is 2. The zero-order valence-corrected chi connectivity index (χ0v) is 13.0. The SMILES string of the molecule is COc1ccc(I)cc1NC(=O)C#Cc1ccccc1. The minimum Gasteiger partial charge on any atom is -0.495 e. The summed E-state index contributed by atoms with van der Waals surface area (Å²) in [5.74, 6) is 5.62. The Balaban J connectivity index is 2.13. The Morgan fingerprint density at radius 3 is 2.65 bits per heavy atom. The van der Waals surface area contributed by atoms with Gasteiger partial charge >= 0.3 is 5.91 Å². The van der Waals surface area contributed by atoms with Gasteiger partial charge in [-0.2, -0.15) is 0 Å². The maximum absolute atomic E-state index is 11.8. The van der Waals surface area contributed by atoms with Gasteiger partial charge in [-0.05, 0) is 52.9 Å². The summed E-state index contributed by atoms with van der Waals surface area (Å²) in [7, 11) is 1.56. The van der Waals surface area contributed by atoms with Gasteiger partial charge in [0.25, 0.3) is 0 Å². The number of carbonyl (C=O) groups is 1. The van der Waals surface area contributed by atoms with E-state index in [0.29, 0.717) is 11.4 Å². The molecule has 0 aliphatic rings. The second kappa shape index (κ2) is 6.96. The Hall–Kier alpha value is -2.00. The molecule has 0 bridgehead atoms. The lowest BCUT2D eigenvalue weighted by molar-refractivity contribution is -0.111. The molecule has 1 amide bonds. The fourth-order valence-corrected chi connectivity index (χ4v) is 2.07. The minimum atomic E-state index is -0.367. The molecule has 3 nitrogen and oxygen atoms in total. The third-order valence-electron chi connectivity index (χ3n) is 2.50. The standard InChI is InChI=1S/C16H12INO2/c1-20-15-9-8-13(17)11-14(15)18-16(19)10-7-12-5-3-2-4-6-12/h2-6,8-9,11H,1H3,(H,18,19). The van der Waals surface area contributed by atoms with E-state index in [-0.39, 0.29) is 5.91 Å². The van der Waals surface area contributed by atoms with Crippen LogP contribution in [0.1, 0.15) is 5.56 Å². The monoisotopic (exact) mass is 377 g/mol. The van der Waals surface area contributed by atoms with Crippen LogP contribution in [0.5, 0.6) is 5.75 Å². The van der Waals surface area contributed by atoms with Crippen molar-refractivity contribution in [1.29, 1.82) is 0 Å². The molecule has 0 aliphatic heterocycles. The third kappa shape index (κ3) is 4.00. The van der Waals surface area contributed by atoms with Gasteiger partial charge in [0, 0.05) is 15.1 Å². The first-order chi connectivity index (χ1) is 9.69. The summed E-state index contributed by atoms with van der Waals surface area (Å²) in [4.78, 5) is 11.8. The van der Waals surface area contributed by atoms with Gasteiger partial charge in [0.05, 0.1) is 12.8 Å². The van der Waals surface area contributed by atoms with Gasteiger partial charge < -0.3 is 10.1 Å². The Morgan fingerprint density at radius 2 is 1.95 bits per heavy atom. The molecule has 2 aromatic carbocycles. The first-order valence-electron chi connectivity index (χ1n) is 5.90. The van der Waals surface area contributed by atoms with Gasteiger partial charge in [-0.15, -0.1) is 0 Å². The van der Waals surface area contributed by atoms with Crippen LogP contribution in [0.2, 0.25) is 0 Å². The quantitative estimate of drug-likeness (QED) is 0.645. The molecule has 0 atom stereocenters. The molecule has 4 heteroatoms. The van der Waals surface area contributed by atoms with Gasteiger partial charge in [-0.1, -0.05) is 24.1 Å². The molecule has 0 aliphatic carbocycles. The second-order valence-electron chi connectivity index (χ2n) is 3.91. The molecule has 2 rings (SSSR count). The van der Waals surface area contributed by atoms with E-state index in [9.17, 15) is 4.79 Å². The highest BCUT2D eigenvalue weighted by Gasteiger charge is 2.06. The van der Waals surface area contributed by atoms with Crippen molar-refractivity contribution in [3.8, 4) is 17.6 Å². The number of anilines is 1. The van der Waals surface area contributed by atoms with Crippen molar-refractivity contribution >= 4 is 34.2 Å². The number of carbonyl (C=O) groups excluding carboxylic acids is 1. The van der Waals surface area contributed by atoms with Gasteiger partial charge in [0.15, 0.2) is 0 Å². The average molecular weight is 377 g/mol. The van der Waals surface area contributed by atoms with Crippen LogP contribution in [0.25, 0.3) is 0 Å². The molecule has 2 aromatic rings. The van der Waals surface area contributed by atoms with E-state index >= 15 is 0 Å². The maximum atomic E-state index is 11.8. The Bertz CT molecular complexity index is 672. The van der Waals surface area contributed by atoms with Crippen LogP contribution >= 0.6 is 22.6 Å². The molecule has 0 unspecified atom stereocenters. The molecule has 0 heterocycles. The smallest absolute Gasteiger partial charge is 0.300 e. The number of benzene rings is 2. The number of methoxy groups -OCH3 is 1. The summed E-state index contributed by atoms with van der Waals surface area (Å²) in [6.45, 7) is 0. The first kappa shape index (κ1) is 14.4. The van der Waals surface area contributed by atoms with Crippen LogP contribution in [-0.4, -0.2) is 13.0 Å². The molecular weight excluding hydrogens is 365 g/mol. The maximum Gasteiger partial charge on any atom is 0.300 e. The molecule has 0 aromatic heterocycles. The van der Waals surface area contributed by atoms with Crippen LogP contribution in [0, 0.1) is 15.4 Å². The normalized spacial score (nSPS) is 9.30. The largest absolute Gasteiger partial charge is 0.495 e. The van der Waals surface area contributed by atoms with Crippen LogP contribution < -0.4 is 10.1 Å².